The molecule has 0 aromatic heterocycles. The number of carbonyl (C=O) groups is 2. The van der Waals surface area contributed by atoms with Crippen molar-refractivity contribution >= 4 is 24.3 Å². The Labute approximate surface area is 169 Å². The number of halogens is 1. The van der Waals surface area contributed by atoms with Crippen LogP contribution in [0.25, 0.3) is 0 Å². The summed E-state index contributed by atoms with van der Waals surface area (Å²) in [5, 5.41) is 0. The van der Waals surface area contributed by atoms with Gasteiger partial charge in [0.25, 0.3) is 0 Å². The van der Waals surface area contributed by atoms with E-state index in [1.54, 1.807) is 0 Å². The molecule has 0 N–H and O–H groups in total. The van der Waals surface area contributed by atoms with Crippen LogP contribution in [0, 0.1) is 0 Å². The summed E-state index contributed by atoms with van der Waals surface area (Å²) in [6.45, 7) is 8.94. The Morgan fingerprint density at radius 3 is 2.04 bits per heavy atom. The Bertz CT molecular complexity index is 540. The van der Waals surface area contributed by atoms with Crippen LogP contribution in [0.5, 0.6) is 0 Å². The molecule has 0 bridgehead atoms. The summed E-state index contributed by atoms with van der Waals surface area (Å²) in [5.41, 5.74) is 0.722. The Balaban J connectivity index is 0.00000100. The molecule has 154 valence electrons. The third-order valence-electron chi connectivity index (χ3n) is 5.00. The predicted molar refractivity (Wildman–Crippen MR) is 110 cm³/mol. The number of methoxy groups -OCH3 is 1. The number of ether oxygens (including phenoxy) is 2. The van der Waals surface area contributed by atoms with Crippen molar-refractivity contribution in [3.05, 3.63) is 35.9 Å². The Morgan fingerprint density at radius 1 is 1.07 bits per heavy atom. The molecule has 6 heteroatoms. The highest BCUT2D eigenvalue weighted by molar-refractivity contribution is 5.85. The van der Waals surface area contributed by atoms with Gasteiger partial charge in [0, 0.05) is 13.5 Å². The average Bonchev–Trinajstić information content (AvgIpc) is 3.17. The van der Waals surface area contributed by atoms with Gasteiger partial charge in [-0.1, -0.05) is 57.0 Å². The van der Waals surface area contributed by atoms with Gasteiger partial charge in [0.05, 0.1) is 12.5 Å². The van der Waals surface area contributed by atoms with E-state index in [2.05, 4.69) is 35.6 Å². The first-order chi connectivity index (χ1) is 12.5. The van der Waals surface area contributed by atoms with E-state index in [9.17, 15) is 9.59 Å². The van der Waals surface area contributed by atoms with E-state index >= 15 is 0 Å². The van der Waals surface area contributed by atoms with Crippen molar-refractivity contribution < 1.29 is 19.1 Å². The molecule has 0 heterocycles. The van der Waals surface area contributed by atoms with Gasteiger partial charge < -0.3 is 14.4 Å². The topological polar surface area (TPSA) is 55.8 Å². The zero-order valence-corrected chi connectivity index (χ0v) is 17.8. The highest BCUT2D eigenvalue weighted by Gasteiger charge is 2.43. The highest BCUT2D eigenvalue weighted by atomic mass is 35.5. The van der Waals surface area contributed by atoms with E-state index in [4.69, 9.17) is 4.74 Å². The summed E-state index contributed by atoms with van der Waals surface area (Å²) >= 11 is 0. The molecule has 0 amide bonds. The average molecular weight is 400 g/mol. The maximum Gasteiger partial charge on any atom is 0.316 e. The van der Waals surface area contributed by atoms with E-state index in [-0.39, 0.29) is 24.3 Å². The van der Waals surface area contributed by atoms with Crippen LogP contribution in [0.2, 0.25) is 0 Å². The standard InChI is InChI=1S/C18H27NO2.C3H6O2.ClH/c1-3-19(4-2)14-15-21-17(20)18(12-8-9-13-18)16-10-6-5-7-11-16;1-3(4)5-2;/h5-7,10-11H,3-4,8-9,12-15H2,1-2H3;1-2H3;1H. The monoisotopic (exact) mass is 399 g/mol. The number of hydrogen-bond acceptors (Lipinski definition) is 5. The van der Waals surface area contributed by atoms with Crippen molar-refractivity contribution in [1.82, 2.24) is 4.90 Å². The molecular formula is C21H34ClNO4. The van der Waals surface area contributed by atoms with E-state index in [1.807, 2.05) is 18.2 Å². The van der Waals surface area contributed by atoms with Gasteiger partial charge in [-0.05, 0) is 31.5 Å². The van der Waals surface area contributed by atoms with Crippen LogP contribution in [0.15, 0.2) is 30.3 Å². The maximum atomic E-state index is 12.7. The number of hydrogen-bond donors (Lipinski definition) is 0. The van der Waals surface area contributed by atoms with Crippen molar-refractivity contribution in [2.45, 2.75) is 51.9 Å². The molecule has 0 aliphatic heterocycles. The summed E-state index contributed by atoms with van der Waals surface area (Å²) in [6, 6.07) is 10.2. The number of carbonyl (C=O) groups excluding carboxylic acids is 2. The molecule has 1 aliphatic carbocycles. The second-order valence-electron chi connectivity index (χ2n) is 6.51. The minimum absolute atomic E-state index is 0. The summed E-state index contributed by atoms with van der Waals surface area (Å²) in [5.74, 6) is -0.275. The van der Waals surface area contributed by atoms with Gasteiger partial charge in [-0.25, -0.2) is 0 Å². The van der Waals surface area contributed by atoms with Crippen LogP contribution >= 0.6 is 12.4 Å². The number of esters is 2. The summed E-state index contributed by atoms with van der Waals surface area (Å²) in [6.07, 6.45) is 4.06. The fraction of sp³-hybridized carbons (Fsp3) is 0.619. The van der Waals surface area contributed by atoms with Gasteiger partial charge in [-0.3, -0.25) is 9.59 Å². The minimum atomic E-state index is -0.398. The molecule has 0 radical (unpaired) electrons. The lowest BCUT2D eigenvalue weighted by molar-refractivity contribution is -0.151. The second kappa shape index (κ2) is 13.6. The van der Waals surface area contributed by atoms with E-state index < -0.39 is 5.41 Å². The van der Waals surface area contributed by atoms with Crippen molar-refractivity contribution in [2.24, 2.45) is 0 Å². The lowest BCUT2D eigenvalue weighted by atomic mass is 9.79. The molecule has 2 rings (SSSR count). The predicted octanol–water partition coefficient (Wildman–Crippen LogP) is 3.98. The Kier molecular flexibility index (Phi) is 12.8. The van der Waals surface area contributed by atoms with E-state index in [0.29, 0.717) is 6.61 Å². The first kappa shape index (κ1) is 25.4. The van der Waals surface area contributed by atoms with Gasteiger partial charge in [0.1, 0.15) is 6.61 Å². The number of likely N-dealkylation sites (N-methyl/N-ethyl adjacent to an activating group) is 1. The van der Waals surface area contributed by atoms with Crippen LogP contribution in [0.4, 0.5) is 0 Å². The molecule has 1 aromatic rings. The third kappa shape index (κ3) is 7.89. The largest absolute Gasteiger partial charge is 0.469 e. The van der Waals surface area contributed by atoms with Crippen LogP contribution in [0.1, 0.15) is 52.0 Å². The number of rotatable bonds is 7. The molecule has 0 spiro atoms. The zero-order valence-electron chi connectivity index (χ0n) is 17.0. The Hall–Kier alpha value is -1.59. The molecular weight excluding hydrogens is 366 g/mol. The highest BCUT2D eigenvalue weighted by Crippen LogP contribution is 2.42. The summed E-state index contributed by atoms with van der Waals surface area (Å²) < 4.78 is 9.75. The van der Waals surface area contributed by atoms with Gasteiger partial charge in [0.2, 0.25) is 0 Å². The molecule has 1 fully saturated rings. The van der Waals surface area contributed by atoms with Crippen LogP contribution in [0.3, 0.4) is 0 Å². The molecule has 0 atom stereocenters. The summed E-state index contributed by atoms with van der Waals surface area (Å²) in [4.78, 5) is 24.6. The second-order valence-corrected chi connectivity index (χ2v) is 6.51. The number of benzene rings is 1. The van der Waals surface area contributed by atoms with Crippen molar-refractivity contribution in [3.63, 3.8) is 0 Å². The van der Waals surface area contributed by atoms with Crippen molar-refractivity contribution in [3.8, 4) is 0 Å². The number of nitrogens with zero attached hydrogens (tertiary/aromatic N) is 1. The Morgan fingerprint density at radius 2 is 1.59 bits per heavy atom. The van der Waals surface area contributed by atoms with Gasteiger partial charge in [-0.15, -0.1) is 12.4 Å². The lowest BCUT2D eigenvalue weighted by Gasteiger charge is -2.28. The molecule has 1 aromatic carbocycles. The lowest BCUT2D eigenvalue weighted by Crippen LogP contribution is -2.36. The van der Waals surface area contributed by atoms with Gasteiger partial charge >= 0.3 is 11.9 Å². The quantitative estimate of drug-likeness (QED) is 0.649. The van der Waals surface area contributed by atoms with E-state index in [0.717, 1.165) is 50.9 Å². The van der Waals surface area contributed by atoms with E-state index in [1.165, 1.54) is 14.0 Å². The van der Waals surface area contributed by atoms with Crippen LogP contribution in [-0.2, 0) is 24.5 Å². The minimum Gasteiger partial charge on any atom is -0.469 e. The van der Waals surface area contributed by atoms with Crippen molar-refractivity contribution in [1.29, 1.82) is 0 Å². The molecule has 0 saturated heterocycles. The van der Waals surface area contributed by atoms with Crippen molar-refractivity contribution in [2.75, 3.05) is 33.4 Å². The fourth-order valence-corrected chi connectivity index (χ4v) is 3.29. The fourth-order valence-electron chi connectivity index (χ4n) is 3.29. The third-order valence-corrected chi connectivity index (χ3v) is 5.00. The smallest absolute Gasteiger partial charge is 0.316 e. The maximum absolute atomic E-state index is 12.7. The van der Waals surface area contributed by atoms with Gasteiger partial charge in [0.15, 0.2) is 0 Å². The summed E-state index contributed by atoms with van der Waals surface area (Å²) in [7, 11) is 1.35. The first-order valence-corrected chi connectivity index (χ1v) is 9.49. The molecule has 1 aliphatic rings. The normalized spacial score (nSPS) is 14.6. The molecule has 0 unspecified atom stereocenters. The molecule has 1 saturated carbocycles. The molecule has 5 nitrogen and oxygen atoms in total. The van der Waals surface area contributed by atoms with Crippen LogP contribution < -0.4 is 0 Å². The van der Waals surface area contributed by atoms with Gasteiger partial charge in [-0.2, -0.15) is 0 Å². The SMILES string of the molecule is CCN(CC)CCOC(=O)C1(c2ccccc2)CCCC1.COC(C)=O.Cl. The molecule has 27 heavy (non-hydrogen) atoms. The zero-order chi connectivity index (χ0) is 19.4. The first-order valence-electron chi connectivity index (χ1n) is 9.49. The van der Waals surface area contributed by atoms with Crippen LogP contribution in [-0.4, -0.2) is 50.2 Å².